The van der Waals surface area contributed by atoms with Crippen LogP contribution in [-0.4, -0.2) is 19.7 Å². The van der Waals surface area contributed by atoms with Gasteiger partial charge in [-0.05, 0) is 80.5 Å². The van der Waals surface area contributed by atoms with Gasteiger partial charge in [-0.1, -0.05) is 19.1 Å². The lowest BCUT2D eigenvalue weighted by molar-refractivity contribution is 0.318. The molecule has 2 fully saturated rings. The summed E-state index contributed by atoms with van der Waals surface area (Å²) < 4.78 is 5.23. The van der Waals surface area contributed by atoms with E-state index >= 15 is 0 Å². The first kappa shape index (κ1) is 14.9. The lowest BCUT2D eigenvalue weighted by Crippen LogP contribution is -2.36. The van der Waals surface area contributed by atoms with Crippen LogP contribution in [0.25, 0.3) is 0 Å². The highest BCUT2D eigenvalue weighted by Crippen LogP contribution is 2.55. The minimum Gasteiger partial charge on any atom is -0.497 e. The molecule has 0 radical (unpaired) electrons. The zero-order valence-corrected chi connectivity index (χ0v) is 13.5. The van der Waals surface area contributed by atoms with Crippen LogP contribution < -0.4 is 10.1 Å². The molecule has 3 atom stereocenters. The first-order valence-corrected chi connectivity index (χ1v) is 8.66. The second kappa shape index (κ2) is 6.83. The number of fused-ring (bicyclic) bond motifs is 1. The Morgan fingerprint density at radius 2 is 1.86 bits per heavy atom. The topological polar surface area (TPSA) is 21.3 Å². The molecule has 0 amide bonds. The molecule has 2 aliphatic carbocycles. The maximum absolute atomic E-state index is 5.23. The van der Waals surface area contributed by atoms with Crippen molar-refractivity contribution in [3.05, 3.63) is 29.8 Å². The fourth-order valence-electron chi connectivity index (χ4n) is 4.04. The third-order valence-electron chi connectivity index (χ3n) is 5.41. The average molecular weight is 287 g/mol. The highest BCUT2D eigenvalue weighted by molar-refractivity contribution is 5.27. The Hall–Kier alpha value is -1.02. The molecule has 0 heterocycles. The summed E-state index contributed by atoms with van der Waals surface area (Å²) in [6.45, 7) is 3.43. The molecule has 116 valence electrons. The van der Waals surface area contributed by atoms with Gasteiger partial charge in [-0.25, -0.2) is 0 Å². The van der Waals surface area contributed by atoms with Gasteiger partial charge in [0.15, 0.2) is 0 Å². The van der Waals surface area contributed by atoms with Gasteiger partial charge in [0.25, 0.3) is 0 Å². The number of rotatable bonds is 8. The van der Waals surface area contributed by atoms with Crippen molar-refractivity contribution in [3.63, 3.8) is 0 Å². The standard InChI is InChI=1S/C19H29NO/c1-3-10-20-19(17-12-15-11-16(15)13-17)9-6-14-4-7-18(21-2)8-5-14/h4-5,7-8,15-17,19-20H,3,6,9-13H2,1-2H3. The number of hydrogen-bond acceptors (Lipinski definition) is 2. The first-order valence-electron chi connectivity index (χ1n) is 8.66. The largest absolute Gasteiger partial charge is 0.497 e. The van der Waals surface area contributed by atoms with Crippen molar-refractivity contribution in [1.82, 2.24) is 5.32 Å². The smallest absolute Gasteiger partial charge is 0.118 e. The maximum Gasteiger partial charge on any atom is 0.118 e. The SMILES string of the molecule is CCCNC(CCc1ccc(OC)cc1)C1CC2CC2C1. The summed E-state index contributed by atoms with van der Waals surface area (Å²) in [6, 6.07) is 9.30. The second-order valence-corrected chi connectivity index (χ2v) is 6.93. The fraction of sp³-hybridized carbons (Fsp3) is 0.684. The molecule has 0 saturated heterocycles. The van der Waals surface area contributed by atoms with Crippen molar-refractivity contribution in [3.8, 4) is 5.75 Å². The number of ether oxygens (including phenoxy) is 1. The molecule has 3 unspecified atom stereocenters. The highest BCUT2D eigenvalue weighted by atomic mass is 16.5. The van der Waals surface area contributed by atoms with Crippen molar-refractivity contribution < 1.29 is 4.74 Å². The zero-order chi connectivity index (χ0) is 14.7. The normalized spacial score (nSPS) is 28.2. The van der Waals surface area contributed by atoms with E-state index < -0.39 is 0 Å². The summed E-state index contributed by atoms with van der Waals surface area (Å²) in [5.41, 5.74) is 1.43. The molecule has 2 nitrogen and oxygen atoms in total. The molecular formula is C19H29NO. The molecule has 2 aliphatic rings. The summed E-state index contributed by atoms with van der Waals surface area (Å²) in [5.74, 6) is 4.05. The van der Waals surface area contributed by atoms with Gasteiger partial charge in [0.2, 0.25) is 0 Å². The molecule has 2 saturated carbocycles. The Labute approximate surface area is 129 Å². The van der Waals surface area contributed by atoms with Crippen molar-refractivity contribution >= 4 is 0 Å². The third kappa shape index (κ3) is 3.79. The van der Waals surface area contributed by atoms with E-state index in [1.165, 1.54) is 50.6 Å². The summed E-state index contributed by atoms with van der Waals surface area (Å²) in [5, 5.41) is 3.82. The van der Waals surface area contributed by atoms with Crippen molar-refractivity contribution in [2.75, 3.05) is 13.7 Å². The molecule has 0 bridgehead atoms. The van der Waals surface area contributed by atoms with Gasteiger partial charge >= 0.3 is 0 Å². The van der Waals surface area contributed by atoms with Crippen LogP contribution >= 0.6 is 0 Å². The van der Waals surface area contributed by atoms with E-state index in [0.717, 1.165) is 29.5 Å². The van der Waals surface area contributed by atoms with E-state index in [0.29, 0.717) is 0 Å². The van der Waals surface area contributed by atoms with Crippen LogP contribution in [0.5, 0.6) is 5.75 Å². The lowest BCUT2D eigenvalue weighted by atomic mass is 9.90. The minimum atomic E-state index is 0.722. The van der Waals surface area contributed by atoms with Crippen LogP contribution in [0.2, 0.25) is 0 Å². The Morgan fingerprint density at radius 1 is 1.14 bits per heavy atom. The van der Waals surface area contributed by atoms with Crippen LogP contribution in [0.1, 0.15) is 44.6 Å². The first-order chi connectivity index (χ1) is 10.3. The van der Waals surface area contributed by atoms with E-state index in [9.17, 15) is 0 Å². The van der Waals surface area contributed by atoms with E-state index in [1.54, 1.807) is 7.11 Å². The van der Waals surface area contributed by atoms with Crippen LogP contribution in [-0.2, 0) is 6.42 Å². The van der Waals surface area contributed by atoms with Gasteiger partial charge in [0, 0.05) is 6.04 Å². The third-order valence-corrected chi connectivity index (χ3v) is 5.41. The number of methoxy groups -OCH3 is 1. The summed E-state index contributed by atoms with van der Waals surface area (Å²) in [4.78, 5) is 0. The van der Waals surface area contributed by atoms with Gasteiger partial charge < -0.3 is 10.1 Å². The molecule has 0 spiro atoms. The Kier molecular flexibility index (Phi) is 4.84. The molecule has 2 heteroatoms. The Morgan fingerprint density at radius 3 is 2.48 bits per heavy atom. The van der Waals surface area contributed by atoms with Crippen LogP contribution in [0, 0.1) is 17.8 Å². The molecule has 1 N–H and O–H groups in total. The van der Waals surface area contributed by atoms with Crippen LogP contribution in [0.15, 0.2) is 24.3 Å². The molecular weight excluding hydrogens is 258 g/mol. The number of benzene rings is 1. The fourth-order valence-corrected chi connectivity index (χ4v) is 4.04. The molecule has 0 aromatic heterocycles. The molecule has 3 rings (SSSR count). The number of aryl methyl sites for hydroxylation is 1. The predicted molar refractivity (Wildman–Crippen MR) is 87.7 cm³/mol. The molecule has 1 aromatic rings. The van der Waals surface area contributed by atoms with Gasteiger partial charge in [-0.15, -0.1) is 0 Å². The quantitative estimate of drug-likeness (QED) is 0.779. The van der Waals surface area contributed by atoms with E-state index in [-0.39, 0.29) is 0 Å². The lowest BCUT2D eigenvalue weighted by Gasteiger charge is -2.26. The predicted octanol–water partition coefficient (Wildman–Crippen LogP) is 4.04. The van der Waals surface area contributed by atoms with Gasteiger partial charge in [0.1, 0.15) is 5.75 Å². The number of nitrogens with one attached hydrogen (secondary N) is 1. The molecule has 1 aromatic carbocycles. The summed E-state index contributed by atoms with van der Waals surface area (Å²) in [6.07, 6.45) is 8.17. The van der Waals surface area contributed by atoms with Crippen molar-refractivity contribution in [1.29, 1.82) is 0 Å². The zero-order valence-electron chi connectivity index (χ0n) is 13.5. The van der Waals surface area contributed by atoms with Crippen LogP contribution in [0.4, 0.5) is 0 Å². The molecule has 0 aliphatic heterocycles. The van der Waals surface area contributed by atoms with Gasteiger partial charge in [-0.3, -0.25) is 0 Å². The van der Waals surface area contributed by atoms with Crippen molar-refractivity contribution in [2.45, 2.75) is 51.5 Å². The maximum atomic E-state index is 5.23. The second-order valence-electron chi connectivity index (χ2n) is 6.93. The van der Waals surface area contributed by atoms with Gasteiger partial charge in [-0.2, -0.15) is 0 Å². The van der Waals surface area contributed by atoms with Gasteiger partial charge in [0.05, 0.1) is 7.11 Å². The molecule has 21 heavy (non-hydrogen) atoms. The monoisotopic (exact) mass is 287 g/mol. The van der Waals surface area contributed by atoms with E-state index in [1.807, 2.05) is 0 Å². The Balaban J connectivity index is 1.52. The van der Waals surface area contributed by atoms with Crippen LogP contribution in [0.3, 0.4) is 0 Å². The van der Waals surface area contributed by atoms with Crippen molar-refractivity contribution in [2.24, 2.45) is 17.8 Å². The highest BCUT2D eigenvalue weighted by Gasteiger charge is 2.47. The Bertz CT molecular complexity index is 431. The van der Waals surface area contributed by atoms with E-state index in [4.69, 9.17) is 4.74 Å². The minimum absolute atomic E-state index is 0.722. The summed E-state index contributed by atoms with van der Waals surface area (Å²) >= 11 is 0. The summed E-state index contributed by atoms with van der Waals surface area (Å²) in [7, 11) is 1.73. The number of hydrogen-bond donors (Lipinski definition) is 1. The van der Waals surface area contributed by atoms with E-state index in [2.05, 4.69) is 36.5 Å². The average Bonchev–Trinajstić information content (AvgIpc) is 3.14.